The molecule has 2 heterocycles. The van der Waals surface area contributed by atoms with E-state index in [1.54, 1.807) is 5.10 Å². The number of H-pyrrole nitrogens is 1. The summed E-state index contributed by atoms with van der Waals surface area (Å²) in [4.78, 5) is 18.8. The number of nitrogens with one attached hydrogen (secondary N) is 2. The maximum absolute atomic E-state index is 12.3. The molecule has 12 heteroatoms. The van der Waals surface area contributed by atoms with E-state index in [9.17, 15) is 18.0 Å². The molecule has 0 bridgehead atoms. The molecule has 0 saturated heterocycles. The molecule has 21 heavy (non-hydrogen) atoms. The number of carbonyl (C=O) groups excluding carboxylic acids is 1. The van der Waals surface area contributed by atoms with Gasteiger partial charge in [-0.15, -0.1) is 28.8 Å². The predicted molar refractivity (Wildman–Crippen MR) is 71.5 cm³/mol. The summed E-state index contributed by atoms with van der Waals surface area (Å²) < 4.78 is 36.8. The lowest BCUT2D eigenvalue weighted by molar-refractivity contribution is -0.144. The van der Waals surface area contributed by atoms with E-state index in [-0.39, 0.29) is 18.1 Å². The Bertz CT molecular complexity index is 613. The van der Waals surface area contributed by atoms with Gasteiger partial charge in [0.05, 0.1) is 5.01 Å². The lowest BCUT2D eigenvalue weighted by atomic mass is 10.4. The summed E-state index contributed by atoms with van der Waals surface area (Å²) in [5, 5.41) is 9.23. The smallest absolute Gasteiger partial charge is 0.330 e. The zero-order valence-electron chi connectivity index (χ0n) is 10.3. The fraction of sp³-hybridized carbons (Fsp3) is 0.333. The van der Waals surface area contributed by atoms with Crippen LogP contribution in [0.15, 0.2) is 5.38 Å². The van der Waals surface area contributed by atoms with E-state index in [4.69, 9.17) is 5.73 Å². The van der Waals surface area contributed by atoms with E-state index in [2.05, 4.69) is 20.4 Å². The van der Waals surface area contributed by atoms with Crippen LogP contribution in [0, 0.1) is 0 Å². The monoisotopic (exact) mass is 342 g/mol. The highest BCUT2D eigenvalue weighted by Crippen LogP contribution is 2.26. The van der Waals surface area contributed by atoms with Gasteiger partial charge in [0.2, 0.25) is 11.8 Å². The van der Waals surface area contributed by atoms with Crippen LogP contribution in [0.2, 0.25) is 0 Å². The number of halogens is 4. The van der Waals surface area contributed by atoms with Crippen LogP contribution in [-0.4, -0.2) is 32.6 Å². The van der Waals surface area contributed by atoms with E-state index in [0.717, 1.165) is 0 Å². The highest BCUT2D eigenvalue weighted by Gasteiger charge is 2.35. The highest BCUT2D eigenvalue weighted by molar-refractivity contribution is 7.09. The Hall–Kier alpha value is -1.72. The van der Waals surface area contributed by atoms with E-state index in [1.165, 1.54) is 16.7 Å². The summed E-state index contributed by atoms with van der Waals surface area (Å²) in [7, 11) is 0. The van der Waals surface area contributed by atoms with E-state index < -0.39 is 23.9 Å². The molecule has 2 rings (SSSR count). The number of nitrogens with zero attached hydrogens (tertiary/aromatic N) is 3. The minimum absolute atomic E-state index is 0. The van der Waals surface area contributed by atoms with Gasteiger partial charge in [0.25, 0.3) is 5.91 Å². The summed E-state index contributed by atoms with van der Waals surface area (Å²) in [5.74, 6) is -2.43. The van der Waals surface area contributed by atoms with Gasteiger partial charge in [-0.2, -0.15) is 18.2 Å². The third-order valence-electron chi connectivity index (χ3n) is 2.12. The molecule has 0 unspecified atom stereocenters. The third-order valence-corrected chi connectivity index (χ3v) is 3.03. The first kappa shape index (κ1) is 17.3. The largest absolute Gasteiger partial charge is 0.451 e. The predicted octanol–water partition coefficient (Wildman–Crippen LogP) is 1.46. The minimum atomic E-state index is -4.65. The highest BCUT2D eigenvalue weighted by atomic mass is 35.5. The second-order valence-corrected chi connectivity index (χ2v) is 4.57. The summed E-state index contributed by atoms with van der Waals surface area (Å²) in [5.41, 5.74) is 5.43. The summed E-state index contributed by atoms with van der Waals surface area (Å²) >= 11 is 1.24. The van der Waals surface area contributed by atoms with Crippen LogP contribution in [0.3, 0.4) is 0 Å². The molecule has 0 aromatic carbocycles. The fourth-order valence-electron chi connectivity index (χ4n) is 1.26. The van der Waals surface area contributed by atoms with Crippen LogP contribution in [0.25, 0.3) is 0 Å². The number of anilines is 1. The molecule has 7 nitrogen and oxygen atoms in total. The Balaban J connectivity index is 0.00000220. The van der Waals surface area contributed by atoms with Gasteiger partial charge in [-0.1, -0.05) is 0 Å². The number of aromatic nitrogens is 4. The Morgan fingerprint density at radius 1 is 1.43 bits per heavy atom. The number of amides is 1. The van der Waals surface area contributed by atoms with Crippen LogP contribution in [0.1, 0.15) is 21.3 Å². The van der Waals surface area contributed by atoms with Crippen molar-refractivity contribution in [1.82, 2.24) is 20.2 Å². The van der Waals surface area contributed by atoms with Gasteiger partial charge in [0, 0.05) is 11.8 Å². The van der Waals surface area contributed by atoms with Crippen molar-refractivity contribution in [3.05, 3.63) is 21.9 Å². The minimum Gasteiger partial charge on any atom is -0.330 e. The van der Waals surface area contributed by atoms with Crippen molar-refractivity contribution < 1.29 is 18.0 Å². The zero-order valence-corrected chi connectivity index (χ0v) is 11.9. The van der Waals surface area contributed by atoms with Crippen molar-refractivity contribution in [2.75, 3.05) is 11.9 Å². The summed E-state index contributed by atoms with van der Waals surface area (Å²) in [6.07, 6.45) is -4.12. The molecule has 0 atom stereocenters. The lowest BCUT2D eigenvalue weighted by Gasteiger charge is -1.99. The number of rotatable bonds is 4. The van der Waals surface area contributed by atoms with Crippen molar-refractivity contribution in [2.45, 2.75) is 12.6 Å². The van der Waals surface area contributed by atoms with Crippen LogP contribution >= 0.6 is 23.7 Å². The maximum atomic E-state index is 12.3. The third kappa shape index (κ3) is 4.37. The topological polar surface area (TPSA) is 110 Å². The molecule has 2 aromatic heterocycles. The van der Waals surface area contributed by atoms with Crippen LogP contribution in [0.5, 0.6) is 0 Å². The summed E-state index contributed by atoms with van der Waals surface area (Å²) in [6, 6.07) is 0. The van der Waals surface area contributed by atoms with Gasteiger partial charge >= 0.3 is 6.18 Å². The maximum Gasteiger partial charge on any atom is 0.451 e. The molecule has 0 aliphatic heterocycles. The Kier molecular flexibility index (Phi) is 5.63. The SMILES string of the molecule is Cl.NCCc1nc(C(=O)Nc2n[nH]c(C(F)(F)F)n2)cs1. The normalized spacial score (nSPS) is 11.0. The number of alkyl halides is 3. The molecule has 4 N–H and O–H groups in total. The van der Waals surface area contributed by atoms with Crippen molar-refractivity contribution >= 4 is 35.6 Å². The van der Waals surface area contributed by atoms with Crippen LogP contribution in [-0.2, 0) is 12.6 Å². The van der Waals surface area contributed by atoms with Gasteiger partial charge in [-0.25, -0.2) is 4.98 Å². The second-order valence-electron chi connectivity index (χ2n) is 3.62. The van der Waals surface area contributed by atoms with Crippen molar-refractivity contribution in [2.24, 2.45) is 5.73 Å². The van der Waals surface area contributed by atoms with Gasteiger partial charge in [0.1, 0.15) is 5.69 Å². The van der Waals surface area contributed by atoms with Crippen LogP contribution in [0.4, 0.5) is 19.1 Å². The first-order valence-electron chi connectivity index (χ1n) is 5.35. The van der Waals surface area contributed by atoms with Gasteiger partial charge < -0.3 is 5.73 Å². The molecule has 0 aliphatic rings. The molecular formula is C9H10ClF3N6OS. The molecule has 0 spiro atoms. The first-order valence-corrected chi connectivity index (χ1v) is 6.23. The van der Waals surface area contributed by atoms with Crippen molar-refractivity contribution in [3.8, 4) is 0 Å². The molecule has 0 fully saturated rings. The van der Waals surface area contributed by atoms with E-state index in [0.29, 0.717) is 18.0 Å². The molecule has 0 aliphatic carbocycles. The number of aromatic amines is 1. The van der Waals surface area contributed by atoms with Crippen LogP contribution < -0.4 is 11.1 Å². The average molecular weight is 343 g/mol. The zero-order chi connectivity index (χ0) is 14.8. The van der Waals surface area contributed by atoms with Gasteiger partial charge in [-0.05, 0) is 6.54 Å². The molecule has 1 amide bonds. The average Bonchev–Trinajstić information content (AvgIpc) is 2.97. The molecule has 0 radical (unpaired) electrons. The van der Waals surface area contributed by atoms with Crippen molar-refractivity contribution in [1.29, 1.82) is 0 Å². The molecule has 0 saturated carbocycles. The number of carbonyl (C=O) groups is 1. The number of thiazole rings is 1. The lowest BCUT2D eigenvalue weighted by Crippen LogP contribution is -2.14. The van der Waals surface area contributed by atoms with E-state index >= 15 is 0 Å². The molecular weight excluding hydrogens is 333 g/mol. The number of hydrogen-bond acceptors (Lipinski definition) is 6. The number of hydrogen-bond donors (Lipinski definition) is 3. The van der Waals surface area contributed by atoms with E-state index in [1.807, 2.05) is 0 Å². The standard InChI is InChI=1S/C9H9F3N6OS.ClH/c10-9(11,12)7-16-8(18-17-7)15-6(19)4-3-20-5(14-4)1-2-13;/h3H,1-2,13H2,(H2,15,16,17,18,19);1H. The second kappa shape index (κ2) is 6.83. The number of nitrogens with two attached hydrogens (primary N) is 1. The molecule has 2 aromatic rings. The quantitative estimate of drug-likeness (QED) is 0.779. The Morgan fingerprint density at radius 2 is 2.14 bits per heavy atom. The van der Waals surface area contributed by atoms with Gasteiger partial charge in [-0.3, -0.25) is 15.2 Å². The Labute approximate surface area is 126 Å². The van der Waals surface area contributed by atoms with Crippen molar-refractivity contribution in [3.63, 3.8) is 0 Å². The molecule has 116 valence electrons. The van der Waals surface area contributed by atoms with Gasteiger partial charge in [0.15, 0.2) is 0 Å². The summed E-state index contributed by atoms with van der Waals surface area (Å²) in [6.45, 7) is 0.393. The Morgan fingerprint density at radius 3 is 2.71 bits per heavy atom. The fourth-order valence-corrected chi connectivity index (χ4v) is 2.06. The first-order chi connectivity index (χ1) is 9.40.